The fraction of sp³-hybridized carbons (Fsp3) is 0.680. The lowest BCUT2D eigenvalue weighted by atomic mass is 9.97. The van der Waals surface area contributed by atoms with E-state index in [1.807, 2.05) is 26.8 Å². The molecule has 0 radical (unpaired) electrons. The van der Waals surface area contributed by atoms with E-state index in [0.29, 0.717) is 44.8 Å². The van der Waals surface area contributed by atoms with Crippen LogP contribution < -0.4 is 15.4 Å². The molecule has 1 aliphatic heterocycles. The number of nitrogens with one attached hydrogen (secondary N) is 2. The molecule has 186 valence electrons. The fourth-order valence-electron chi connectivity index (χ4n) is 3.99. The number of ether oxygens (including phenoxy) is 2. The van der Waals surface area contributed by atoms with Crippen LogP contribution in [0.4, 0.5) is 9.18 Å². The van der Waals surface area contributed by atoms with Crippen LogP contribution in [-0.2, 0) is 16.0 Å². The minimum atomic E-state index is -0.585. The Morgan fingerprint density at radius 3 is 2.70 bits per heavy atom. The summed E-state index contributed by atoms with van der Waals surface area (Å²) in [6, 6.07) is 4.27. The first kappa shape index (κ1) is 26.9. The third-order valence-electron chi connectivity index (χ3n) is 5.37. The van der Waals surface area contributed by atoms with Crippen molar-refractivity contribution in [2.24, 2.45) is 0 Å². The highest BCUT2D eigenvalue weighted by Gasteiger charge is 2.32. The molecule has 2 N–H and O–H groups in total. The van der Waals surface area contributed by atoms with Gasteiger partial charge < -0.3 is 25.0 Å². The second-order valence-electron chi connectivity index (χ2n) is 9.72. The molecule has 0 bridgehead atoms. The topological polar surface area (TPSA) is 79.9 Å². The maximum atomic E-state index is 14.3. The second-order valence-corrected chi connectivity index (χ2v) is 9.72. The number of amides is 2. The van der Waals surface area contributed by atoms with Crippen molar-refractivity contribution in [3.05, 3.63) is 29.6 Å². The summed E-state index contributed by atoms with van der Waals surface area (Å²) in [6.45, 7) is 11.5. The van der Waals surface area contributed by atoms with E-state index in [1.54, 1.807) is 4.90 Å². The SMILES string of the molecule is CCCCCOc1cc(F)cc(C[C@@H](C[C@H]2CNCCN2C(=O)OC(C)(C)C)NC(C)=O)c1. The van der Waals surface area contributed by atoms with Crippen molar-refractivity contribution in [3.63, 3.8) is 0 Å². The Morgan fingerprint density at radius 1 is 1.27 bits per heavy atom. The summed E-state index contributed by atoms with van der Waals surface area (Å²) in [5.41, 5.74) is 0.158. The number of benzene rings is 1. The van der Waals surface area contributed by atoms with Crippen LogP contribution in [-0.4, -0.2) is 60.8 Å². The molecule has 0 aromatic heterocycles. The number of carbonyl (C=O) groups is 2. The summed E-state index contributed by atoms with van der Waals surface area (Å²) in [7, 11) is 0. The predicted molar refractivity (Wildman–Crippen MR) is 127 cm³/mol. The van der Waals surface area contributed by atoms with Crippen LogP contribution >= 0.6 is 0 Å². The van der Waals surface area contributed by atoms with E-state index in [2.05, 4.69) is 17.6 Å². The van der Waals surface area contributed by atoms with Crippen molar-refractivity contribution in [2.45, 2.75) is 84.4 Å². The minimum absolute atomic E-state index is 0.149. The zero-order valence-corrected chi connectivity index (χ0v) is 20.7. The Kier molecular flexibility index (Phi) is 10.4. The van der Waals surface area contributed by atoms with Gasteiger partial charge in [0.15, 0.2) is 0 Å². The third kappa shape index (κ3) is 9.98. The molecule has 0 aliphatic carbocycles. The highest BCUT2D eigenvalue weighted by Crippen LogP contribution is 2.21. The van der Waals surface area contributed by atoms with Crippen LogP contribution in [0, 0.1) is 5.82 Å². The quantitative estimate of drug-likeness (QED) is 0.510. The molecule has 7 nitrogen and oxygen atoms in total. The smallest absolute Gasteiger partial charge is 0.410 e. The van der Waals surface area contributed by atoms with Gasteiger partial charge in [-0.15, -0.1) is 0 Å². The van der Waals surface area contributed by atoms with Crippen molar-refractivity contribution in [2.75, 3.05) is 26.2 Å². The van der Waals surface area contributed by atoms with Crippen LogP contribution in [0.3, 0.4) is 0 Å². The molecule has 1 aromatic rings. The number of piperazine rings is 1. The van der Waals surface area contributed by atoms with Gasteiger partial charge in [0, 0.05) is 44.7 Å². The molecule has 2 amide bonds. The Bertz CT molecular complexity index is 781. The summed E-state index contributed by atoms with van der Waals surface area (Å²) in [5.74, 6) is -0.0355. The summed E-state index contributed by atoms with van der Waals surface area (Å²) in [5, 5.41) is 6.29. The second kappa shape index (κ2) is 12.8. The fourth-order valence-corrected chi connectivity index (χ4v) is 3.99. The van der Waals surface area contributed by atoms with Crippen LogP contribution in [0.2, 0.25) is 0 Å². The molecule has 1 aromatic carbocycles. The Hall–Kier alpha value is -2.35. The lowest BCUT2D eigenvalue weighted by molar-refractivity contribution is -0.119. The highest BCUT2D eigenvalue weighted by atomic mass is 19.1. The van der Waals surface area contributed by atoms with Crippen molar-refractivity contribution >= 4 is 12.0 Å². The molecule has 1 saturated heterocycles. The largest absolute Gasteiger partial charge is 0.493 e. The lowest BCUT2D eigenvalue weighted by Gasteiger charge is -2.38. The van der Waals surface area contributed by atoms with Gasteiger partial charge in [-0.25, -0.2) is 9.18 Å². The number of halogens is 1. The van der Waals surface area contributed by atoms with Gasteiger partial charge in [0.05, 0.1) is 6.61 Å². The molecule has 0 spiro atoms. The van der Waals surface area contributed by atoms with Gasteiger partial charge in [-0.1, -0.05) is 19.8 Å². The average Bonchev–Trinajstić information content (AvgIpc) is 2.69. The van der Waals surface area contributed by atoms with Gasteiger partial charge in [0.25, 0.3) is 0 Å². The Balaban J connectivity index is 2.11. The van der Waals surface area contributed by atoms with Gasteiger partial charge in [-0.05, 0) is 57.7 Å². The van der Waals surface area contributed by atoms with Gasteiger partial charge in [0.2, 0.25) is 5.91 Å². The maximum absolute atomic E-state index is 14.3. The summed E-state index contributed by atoms with van der Waals surface area (Å²) < 4.78 is 25.6. The first-order chi connectivity index (χ1) is 15.6. The van der Waals surface area contributed by atoms with Gasteiger partial charge >= 0.3 is 6.09 Å². The van der Waals surface area contributed by atoms with E-state index >= 15 is 0 Å². The number of carbonyl (C=O) groups excluding carboxylic acids is 2. The molecule has 0 saturated carbocycles. The standard InChI is InChI=1S/C25H40FN3O4/c1-6-7-8-11-32-23-14-19(12-20(26)15-23)13-21(28-18(2)30)16-22-17-27-9-10-29(22)24(31)33-25(3,4)5/h12,14-15,21-22,27H,6-11,13,16-17H2,1-5H3,(H,28,30)/t21-,22-/m0/s1. The van der Waals surface area contributed by atoms with Crippen LogP contribution in [0.25, 0.3) is 0 Å². The van der Waals surface area contributed by atoms with Gasteiger partial charge in [-0.2, -0.15) is 0 Å². The van der Waals surface area contributed by atoms with Crippen molar-refractivity contribution in [3.8, 4) is 5.75 Å². The summed E-state index contributed by atoms with van der Waals surface area (Å²) in [6.07, 6.45) is 3.68. The van der Waals surface area contributed by atoms with Crippen LogP contribution in [0.5, 0.6) is 5.75 Å². The summed E-state index contributed by atoms with van der Waals surface area (Å²) in [4.78, 5) is 26.4. The van der Waals surface area contributed by atoms with E-state index in [0.717, 1.165) is 24.8 Å². The molecular weight excluding hydrogens is 425 g/mol. The van der Waals surface area contributed by atoms with Crippen molar-refractivity contribution in [1.29, 1.82) is 0 Å². The molecule has 33 heavy (non-hydrogen) atoms. The van der Waals surface area contributed by atoms with E-state index in [1.165, 1.54) is 19.1 Å². The van der Waals surface area contributed by atoms with Crippen LogP contribution in [0.15, 0.2) is 18.2 Å². The molecule has 0 unspecified atom stereocenters. The van der Waals surface area contributed by atoms with E-state index in [9.17, 15) is 14.0 Å². The maximum Gasteiger partial charge on any atom is 0.410 e. The lowest BCUT2D eigenvalue weighted by Crippen LogP contribution is -2.56. The van der Waals surface area contributed by atoms with Gasteiger partial charge in [-0.3, -0.25) is 4.79 Å². The van der Waals surface area contributed by atoms with E-state index in [-0.39, 0.29) is 29.9 Å². The van der Waals surface area contributed by atoms with Crippen molar-refractivity contribution in [1.82, 2.24) is 15.5 Å². The predicted octanol–water partition coefficient (Wildman–Crippen LogP) is 4.04. The average molecular weight is 466 g/mol. The van der Waals surface area contributed by atoms with E-state index < -0.39 is 5.60 Å². The molecule has 2 atom stereocenters. The molecular formula is C25H40FN3O4. The molecule has 8 heteroatoms. The number of rotatable bonds is 10. The minimum Gasteiger partial charge on any atom is -0.493 e. The molecule has 1 fully saturated rings. The third-order valence-corrected chi connectivity index (χ3v) is 5.37. The van der Waals surface area contributed by atoms with Gasteiger partial charge in [0.1, 0.15) is 17.2 Å². The number of hydrogen-bond acceptors (Lipinski definition) is 5. The first-order valence-electron chi connectivity index (χ1n) is 12.0. The monoisotopic (exact) mass is 465 g/mol. The Morgan fingerprint density at radius 2 is 2.03 bits per heavy atom. The normalized spacial score (nSPS) is 17.4. The zero-order valence-electron chi connectivity index (χ0n) is 20.7. The Labute approximate surface area is 197 Å². The number of nitrogens with zero attached hydrogens (tertiary/aromatic N) is 1. The van der Waals surface area contributed by atoms with Crippen LogP contribution in [0.1, 0.15) is 65.9 Å². The summed E-state index contributed by atoms with van der Waals surface area (Å²) >= 11 is 0. The number of hydrogen-bond donors (Lipinski definition) is 2. The van der Waals surface area contributed by atoms with Crippen molar-refractivity contribution < 1.29 is 23.5 Å². The molecule has 1 heterocycles. The molecule has 1 aliphatic rings. The zero-order chi connectivity index (χ0) is 24.4. The molecule has 2 rings (SSSR count). The first-order valence-corrected chi connectivity index (χ1v) is 12.0. The van der Waals surface area contributed by atoms with E-state index in [4.69, 9.17) is 9.47 Å². The highest BCUT2D eigenvalue weighted by molar-refractivity contribution is 5.73. The number of unbranched alkanes of at least 4 members (excludes halogenated alkanes) is 2.